The van der Waals surface area contributed by atoms with Crippen molar-refractivity contribution in [2.75, 3.05) is 25.5 Å². The average Bonchev–Trinajstić information content (AvgIpc) is 2.34. The van der Waals surface area contributed by atoms with Gasteiger partial charge < -0.3 is 15.8 Å². The summed E-state index contributed by atoms with van der Waals surface area (Å²) in [5, 5.41) is 3.03. The van der Waals surface area contributed by atoms with E-state index >= 15 is 0 Å². The van der Waals surface area contributed by atoms with Crippen molar-refractivity contribution in [1.82, 2.24) is 5.32 Å². The number of nitrogens with one attached hydrogen (secondary N) is 1. The number of carbonyl (C=O) groups excluding carboxylic acids is 1. The quantitative estimate of drug-likeness (QED) is 0.812. The van der Waals surface area contributed by atoms with E-state index in [-0.39, 0.29) is 11.3 Å². The van der Waals surface area contributed by atoms with Crippen LogP contribution in [0.2, 0.25) is 0 Å². The van der Waals surface area contributed by atoms with E-state index in [0.717, 1.165) is 18.8 Å². The first-order valence-corrected chi connectivity index (χ1v) is 6.56. The fourth-order valence-corrected chi connectivity index (χ4v) is 2.10. The van der Waals surface area contributed by atoms with Crippen molar-refractivity contribution in [1.29, 1.82) is 0 Å². The maximum atomic E-state index is 12.4. The molecule has 0 bridgehead atoms. The number of carbonyl (C=O) groups is 1. The number of anilines is 1. The van der Waals surface area contributed by atoms with Gasteiger partial charge in [-0.3, -0.25) is 4.79 Å². The van der Waals surface area contributed by atoms with Gasteiger partial charge in [-0.05, 0) is 31.5 Å². The molecule has 0 saturated carbocycles. The molecule has 3 N–H and O–H groups in total. The van der Waals surface area contributed by atoms with Gasteiger partial charge in [-0.25, -0.2) is 0 Å². The standard InChI is InChI=1S/C15H22N2O2/c1-14(2,11-4-6-12(16)7-5-11)13(18)17-8-15(3)9-19-10-15/h4-7H,8-10,16H2,1-3H3,(H,17,18). The zero-order chi connectivity index (χ0) is 14.1. The number of hydrogen-bond acceptors (Lipinski definition) is 3. The molecule has 19 heavy (non-hydrogen) atoms. The van der Waals surface area contributed by atoms with Gasteiger partial charge >= 0.3 is 0 Å². The fraction of sp³-hybridized carbons (Fsp3) is 0.533. The van der Waals surface area contributed by atoms with Gasteiger partial charge in [0, 0.05) is 17.6 Å². The van der Waals surface area contributed by atoms with Crippen molar-refractivity contribution in [3.63, 3.8) is 0 Å². The van der Waals surface area contributed by atoms with Crippen molar-refractivity contribution < 1.29 is 9.53 Å². The highest BCUT2D eigenvalue weighted by molar-refractivity contribution is 5.87. The summed E-state index contributed by atoms with van der Waals surface area (Å²) in [6, 6.07) is 7.46. The number of ether oxygens (including phenoxy) is 1. The number of amides is 1. The highest BCUT2D eigenvalue weighted by Crippen LogP contribution is 2.27. The van der Waals surface area contributed by atoms with Gasteiger partial charge in [-0.15, -0.1) is 0 Å². The molecule has 0 atom stereocenters. The van der Waals surface area contributed by atoms with Crippen LogP contribution in [0.25, 0.3) is 0 Å². The normalized spacial score (nSPS) is 17.6. The van der Waals surface area contributed by atoms with Gasteiger partial charge in [0.1, 0.15) is 0 Å². The molecule has 1 aromatic rings. The van der Waals surface area contributed by atoms with Crippen molar-refractivity contribution in [2.45, 2.75) is 26.2 Å². The third-order valence-electron chi connectivity index (χ3n) is 3.78. The Morgan fingerprint density at radius 2 is 1.95 bits per heavy atom. The second-order valence-corrected chi connectivity index (χ2v) is 6.23. The van der Waals surface area contributed by atoms with Crippen LogP contribution in [0, 0.1) is 5.41 Å². The Kier molecular flexibility index (Phi) is 3.54. The highest BCUT2D eigenvalue weighted by atomic mass is 16.5. The first-order valence-electron chi connectivity index (χ1n) is 6.56. The van der Waals surface area contributed by atoms with Gasteiger partial charge in [-0.1, -0.05) is 19.1 Å². The first kappa shape index (κ1) is 13.9. The van der Waals surface area contributed by atoms with Crippen LogP contribution in [0.4, 0.5) is 5.69 Å². The Balaban J connectivity index is 2.01. The molecule has 2 rings (SSSR count). The molecule has 1 aliphatic heterocycles. The minimum atomic E-state index is -0.561. The fourth-order valence-electron chi connectivity index (χ4n) is 2.10. The Hall–Kier alpha value is -1.55. The lowest BCUT2D eigenvalue weighted by molar-refractivity contribution is -0.130. The largest absolute Gasteiger partial charge is 0.399 e. The number of benzene rings is 1. The smallest absolute Gasteiger partial charge is 0.230 e. The monoisotopic (exact) mass is 262 g/mol. The van der Waals surface area contributed by atoms with Gasteiger partial charge in [0.15, 0.2) is 0 Å². The summed E-state index contributed by atoms with van der Waals surface area (Å²) < 4.78 is 5.19. The second-order valence-electron chi connectivity index (χ2n) is 6.23. The second kappa shape index (κ2) is 4.85. The molecule has 1 aromatic carbocycles. The van der Waals surface area contributed by atoms with Crippen molar-refractivity contribution >= 4 is 11.6 Å². The topological polar surface area (TPSA) is 64.4 Å². The molecule has 1 saturated heterocycles. The van der Waals surface area contributed by atoms with E-state index in [1.54, 1.807) is 0 Å². The maximum absolute atomic E-state index is 12.4. The van der Waals surface area contributed by atoms with E-state index in [1.807, 2.05) is 38.1 Å². The lowest BCUT2D eigenvalue weighted by Gasteiger charge is -2.39. The van der Waals surface area contributed by atoms with Crippen LogP contribution in [0.15, 0.2) is 24.3 Å². The lowest BCUT2D eigenvalue weighted by Crippen LogP contribution is -2.51. The van der Waals surface area contributed by atoms with Crippen molar-refractivity contribution in [3.8, 4) is 0 Å². The van der Waals surface area contributed by atoms with E-state index in [9.17, 15) is 4.79 Å². The summed E-state index contributed by atoms with van der Waals surface area (Å²) in [6.45, 7) is 8.06. The van der Waals surface area contributed by atoms with E-state index < -0.39 is 5.41 Å². The molecule has 0 aromatic heterocycles. The Morgan fingerprint density at radius 1 is 1.37 bits per heavy atom. The number of nitrogen functional groups attached to an aromatic ring is 1. The first-order chi connectivity index (χ1) is 8.83. The van der Waals surface area contributed by atoms with Crippen LogP contribution in [0.3, 0.4) is 0 Å². The molecule has 1 heterocycles. The molecule has 0 spiro atoms. The van der Waals surface area contributed by atoms with Gasteiger partial charge in [-0.2, -0.15) is 0 Å². The SMILES string of the molecule is CC1(CNC(=O)C(C)(C)c2ccc(N)cc2)COC1. The summed E-state index contributed by atoms with van der Waals surface area (Å²) in [5.41, 5.74) is 6.88. The molecule has 4 heteroatoms. The molecule has 4 nitrogen and oxygen atoms in total. The maximum Gasteiger partial charge on any atom is 0.230 e. The molecule has 104 valence electrons. The predicted octanol–water partition coefficient (Wildman–Crippen LogP) is 1.70. The molecule has 0 aliphatic carbocycles. The zero-order valence-corrected chi connectivity index (χ0v) is 11.8. The van der Waals surface area contributed by atoms with Crippen LogP contribution in [0.1, 0.15) is 26.3 Å². The van der Waals surface area contributed by atoms with Gasteiger partial charge in [0.05, 0.1) is 18.6 Å². The number of hydrogen-bond donors (Lipinski definition) is 2. The summed E-state index contributed by atoms with van der Waals surface area (Å²) in [6.07, 6.45) is 0. The Bertz CT molecular complexity index is 462. The minimum Gasteiger partial charge on any atom is -0.399 e. The van der Waals surface area contributed by atoms with Crippen molar-refractivity contribution in [3.05, 3.63) is 29.8 Å². The minimum absolute atomic E-state index is 0.0328. The molecule has 1 amide bonds. The molecule has 0 unspecified atom stereocenters. The average molecular weight is 262 g/mol. The van der Waals surface area contributed by atoms with Crippen LogP contribution < -0.4 is 11.1 Å². The zero-order valence-electron chi connectivity index (χ0n) is 11.8. The molecule has 1 fully saturated rings. The third-order valence-corrected chi connectivity index (χ3v) is 3.78. The van der Waals surface area contributed by atoms with Gasteiger partial charge in [0.25, 0.3) is 0 Å². The molecule has 1 aliphatic rings. The summed E-state index contributed by atoms with van der Waals surface area (Å²) in [5.74, 6) is 0.0328. The molecular weight excluding hydrogens is 240 g/mol. The highest BCUT2D eigenvalue weighted by Gasteiger charge is 2.36. The van der Waals surface area contributed by atoms with E-state index in [0.29, 0.717) is 12.2 Å². The lowest BCUT2D eigenvalue weighted by atomic mass is 9.82. The van der Waals surface area contributed by atoms with Crippen molar-refractivity contribution in [2.24, 2.45) is 5.41 Å². The van der Waals surface area contributed by atoms with E-state index in [2.05, 4.69) is 12.2 Å². The Labute approximate surface area is 114 Å². The summed E-state index contributed by atoms with van der Waals surface area (Å²) in [4.78, 5) is 12.4. The predicted molar refractivity (Wildman–Crippen MR) is 75.8 cm³/mol. The van der Waals surface area contributed by atoms with Crippen LogP contribution in [-0.4, -0.2) is 25.7 Å². The van der Waals surface area contributed by atoms with E-state index in [1.165, 1.54) is 0 Å². The van der Waals surface area contributed by atoms with Crippen LogP contribution in [0.5, 0.6) is 0 Å². The Morgan fingerprint density at radius 3 is 2.42 bits per heavy atom. The van der Waals surface area contributed by atoms with E-state index in [4.69, 9.17) is 10.5 Å². The molecular formula is C15H22N2O2. The van der Waals surface area contributed by atoms with Gasteiger partial charge in [0.2, 0.25) is 5.91 Å². The number of nitrogens with two attached hydrogens (primary N) is 1. The third kappa shape index (κ3) is 2.89. The number of rotatable bonds is 4. The summed E-state index contributed by atoms with van der Waals surface area (Å²) in [7, 11) is 0. The van der Waals surface area contributed by atoms with Crippen LogP contribution in [-0.2, 0) is 14.9 Å². The summed E-state index contributed by atoms with van der Waals surface area (Å²) >= 11 is 0. The van der Waals surface area contributed by atoms with Crippen LogP contribution >= 0.6 is 0 Å². The molecule has 0 radical (unpaired) electrons.